The second-order valence-electron chi connectivity index (χ2n) is 6.59. The predicted octanol–water partition coefficient (Wildman–Crippen LogP) is 4.24. The lowest BCUT2D eigenvalue weighted by Crippen LogP contribution is -2.42. The Hall–Kier alpha value is -1.65. The zero-order valence-corrected chi connectivity index (χ0v) is 15.5. The number of benzene rings is 1. The number of thiophene rings is 1. The highest BCUT2D eigenvalue weighted by atomic mass is 32.1. The molecule has 0 fully saturated rings. The van der Waals surface area contributed by atoms with Crippen molar-refractivity contribution >= 4 is 17.2 Å². The summed E-state index contributed by atoms with van der Waals surface area (Å²) in [6.45, 7) is 7.80. The van der Waals surface area contributed by atoms with Crippen LogP contribution in [0.5, 0.6) is 0 Å². The average Bonchev–Trinajstić information content (AvgIpc) is 3.03. The van der Waals surface area contributed by atoms with Crippen molar-refractivity contribution in [1.82, 2.24) is 10.2 Å². The average molecular weight is 343 g/mol. The Morgan fingerprint density at radius 1 is 1.38 bits per heavy atom. The van der Waals surface area contributed by atoms with E-state index in [0.29, 0.717) is 12.6 Å². The first kappa shape index (κ1) is 17.2. The van der Waals surface area contributed by atoms with E-state index in [0.717, 1.165) is 19.4 Å². The Bertz CT molecular complexity index is 709. The molecule has 0 spiro atoms. The van der Waals surface area contributed by atoms with Crippen molar-refractivity contribution in [2.45, 2.75) is 45.7 Å². The van der Waals surface area contributed by atoms with E-state index in [1.54, 1.807) is 0 Å². The van der Waals surface area contributed by atoms with Gasteiger partial charge in [0.25, 0.3) is 0 Å². The molecule has 1 amide bonds. The summed E-state index contributed by atoms with van der Waals surface area (Å²) in [6.07, 6.45) is 2.11. The lowest BCUT2D eigenvalue weighted by molar-refractivity contribution is -0.123. The van der Waals surface area contributed by atoms with E-state index in [1.165, 1.54) is 21.6 Å². The van der Waals surface area contributed by atoms with Crippen LogP contribution < -0.4 is 5.32 Å². The van der Waals surface area contributed by atoms with Gasteiger partial charge in [-0.15, -0.1) is 11.3 Å². The standard InChI is InChI=1S/C20H26N2OS/c1-4-18-17-10-12-24-19(17)9-11-22(18)13-20(23)21-15(3)16-8-6-5-7-14(16)2/h5-8,10,12,15,18H,4,9,11,13H2,1-3H3,(H,21,23)/t15-,18-/m0/s1. The van der Waals surface area contributed by atoms with Crippen molar-refractivity contribution in [3.05, 3.63) is 57.3 Å². The van der Waals surface area contributed by atoms with Gasteiger partial charge in [0.1, 0.15) is 0 Å². The highest BCUT2D eigenvalue weighted by Gasteiger charge is 2.28. The van der Waals surface area contributed by atoms with Crippen LogP contribution in [-0.2, 0) is 11.2 Å². The lowest BCUT2D eigenvalue weighted by atomic mass is 9.98. The third-order valence-corrected chi connectivity index (χ3v) is 5.97. The minimum absolute atomic E-state index is 0.0419. The molecule has 0 saturated heterocycles. The van der Waals surface area contributed by atoms with Crippen LogP contribution in [0.2, 0.25) is 0 Å². The molecule has 3 rings (SSSR count). The van der Waals surface area contributed by atoms with Gasteiger partial charge in [-0.05, 0) is 54.8 Å². The summed E-state index contributed by atoms with van der Waals surface area (Å²) in [5, 5.41) is 5.35. The zero-order chi connectivity index (χ0) is 17.1. The van der Waals surface area contributed by atoms with Crippen molar-refractivity contribution in [2.24, 2.45) is 0 Å². The Kier molecular flexibility index (Phi) is 5.36. The van der Waals surface area contributed by atoms with Gasteiger partial charge < -0.3 is 5.32 Å². The Morgan fingerprint density at radius 2 is 2.17 bits per heavy atom. The molecule has 0 aliphatic carbocycles. The number of nitrogens with one attached hydrogen (secondary N) is 1. The second-order valence-corrected chi connectivity index (χ2v) is 7.59. The molecule has 0 unspecified atom stereocenters. The summed E-state index contributed by atoms with van der Waals surface area (Å²) >= 11 is 1.85. The van der Waals surface area contributed by atoms with Gasteiger partial charge in [0.2, 0.25) is 5.91 Å². The summed E-state index contributed by atoms with van der Waals surface area (Å²) in [5.41, 5.74) is 3.84. The highest BCUT2D eigenvalue weighted by Crippen LogP contribution is 2.34. The fourth-order valence-corrected chi connectivity index (χ4v) is 4.67. The van der Waals surface area contributed by atoms with Gasteiger partial charge in [-0.3, -0.25) is 9.69 Å². The summed E-state index contributed by atoms with van der Waals surface area (Å²) < 4.78 is 0. The molecule has 1 aromatic carbocycles. The molecule has 2 aromatic rings. The first-order valence-electron chi connectivity index (χ1n) is 8.75. The molecule has 1 aromatic heterocycles. The van der Waals surface area contributed by atoms with Crippen LogP contribution in [0, 0.1) is 6.92 Å². The summed E-state index contributed by atoms with van der Waals surface area (Å²) in [7, 11) is 0. The maximum Gasteiger partial charge on any atom is 0.234 e. The van der Waals surface area contributed by atoms with Crippen LogP contribution in [-0.4, -0.2) is 23.9 Å². The summed E-state index contributed by atoms with van der Waals surface area (Å²) in [5.74, 6) is 0.114. The van der Waals surface area contributed by atoms with Crippen molar-refractivity contribution in [2.75, 3.05) is 13.1 Å². The molecule has 1 aliphatic heterocycles. The van der Waals surface area contributed by atoms with E-state index in [-0.39, 0.29) is 11.9 Å². The van der Waals surface area contributed by atoms with Crippen LogP contribution in [0.15, 0.2) is 35.7 Å². The molecule has 0 saturated carbocycles. The molecule has 1 N–H and O–H groups in total. The number of hydrogen-bond donors (Lipinski definition) is 1. The van der Waals surface area contributed by atoms with Crippen LogP contribution in [0.25, 0.3) is 0 Å². The third-order valence-electron chi connectivity index (χ3n) is 4.97. The molecule has 2 heterocycles. The molecule has 1 aliphatic rings. The molecule has 0 radical (unpaired) electrons. The summed E-state index contributed by atoms with van der Waals surface area (Å²) in [6, 6.07) is 10.9. The second kappa shape index (κ2) is 7.49. The smallest absolute Gasteiger partial charge is 0.234 e. The van der Waals surface area contributed by atoms with Gasteiger partial charge in [0.15, 0.2) is 0 Å². The number of aryl methyl sites for hydroxylation is 1. The van der Waals surface area contributed by atoms with E-state index in [9.17, 15) is 4.79 Å². The number of carbonyl (C=O) groups excluding carboxylic acids is 1. The largest absolute Gasteiger partial charge is 0.348 e. The van der Waals surface area contributed by atoms with E-state index in [1.807, 2.05) is 23.5 Å². The molecule has 128 valence electrons. The van der Waals surface area contributed by atoms with Gasteiger partial charge in [0.05, 0.1) is 12.6 Å². The fourth-order valence-electron chi connectivity index (χ4n) is 3.74. The monoisotopic (exact) mass is 342 g/mol. The number of rotatable bonds is 5. The minimum atomic E-state index is 0.0419. The number of amides is 1. The van der Waals surface area contributed by atoms with Gasteiger partial charge in [-0.25, -0.2) is 0 Å². The highest BCUT2D eigenvalue weighted by molar-refractivity contribution is 7.10. The lowest BCUT2D eigenvalue weighted by Gasteiger charge is -2.35. The first-order valence-corrected chi connectivity index (χ1v) is 9.63. The van der Waals surface area contributed by atoms with Crippen LogP contribution in [0.3, 0.4) is 0 Å². The van der Waals surface area contributed by atoms with Crippen LogP contribution in [0.1, 0.15) is 53.9 Å². The number of hydrogen-bond acceptors (Lipinski definition) is 3. The molecular formula is C20H26N2OS. The van der Waals surface area contributed by atoms with Gasteiger partial charge in [-0.2, -0.15) is 0 Å². The maximum absolute atomic E-state index is 12.6. The quantitative estimate of drug-likeness (QED) is 0.881. The van der Waals surface area contributed by atoms with Gasteiger partial charge in [0, 0.05) is 17.5 Å². The number of nitrogens with zero attached hydrogens (tertiary/aromatic N) is 1. The molecular weight excluding hydrogens is 316 g/mol. The number of fused-ring (bicyclic) bond motifs is 1. The predicted molar refractivity (Wildman–Crippen MR) is 100 cm³/mol. The van der Waals surface area contributed by atoms with E-state index in [2.05, 4.69) is 54.6 Å². The van der Waals surface area contributed by atoms with Crippen molar-refractivity contribution < 1.29 is 4.79 Å². The zero-order valence-electron chi connectivity index (χ0n) is 14.7. The van der Waals surface area contributed by atoms with Crippen LogP contribution in [0.4, 0.5) is 0 Å². The third kappa shape index (κ3) is 3.55. The maximum atomic E-state index is 12.6. The van der Waals surface area contributed by atoms with Crippen molar-refractivity contribution in [3.8, 4) is 0 Å². The number of carbonyl (C=O) groups is 1. The molecule has 24 heavy (non-hydrogen) atoms. The van der Waals surface area contributed by atoms with E-state index >= 15 is 0 Å². The SMILES string of the molecule is CC[C@H]1c2ccsc2CCN1CC(=O)N[C@@H](C)c1ccccc1C. The van der Waals surface area contributed by atoms with Crippen molar-refractivity contribution in [1.29, 1.82) is 0 Å². The topological polar surface area (TPSA) is 32.3 Å². The molecule has 0 bridgehead atoms. The summed E-state index contributed by atoms with van der Waals surface area (Å²) in [4.78, 5) is 16.4. The molecule has 2 atom stereocenters. The Balaban J connectivity index is 1.64. The van der Waals surface area contributed by atoms with Crippen molar-refractivity contribution in [3.63, 3.8) is 0 Å². The van der Waals surface area contributed by atoms with Gasteiger partial charge >= 0.3 is 0 Å². The Labute approximate surface area is 148 Å². The van der Waals surface area contributed by atoms with Gasteiger partial charge in [-0.1, -0.05) is 31.2 Å². The molecule has 4 heteroatoms. The normalized spacial score (nSPS) is 18.9. The van der Waals surface area contributed by atoms with E-state index in [4.69, 9.17) is 0 Å². The van der Waals surface area contributed by atoms with Crippen LogP contribution >= 0.6 is 11.3 Å². The fraction of sp³-hybridized carbons (Fsp3) is 0.450. The van der Waals surface area contributed by atoms with E-state index < -0.39 is 0 Å². The minimum Gasteiger partial charge on any atom is -0.348 e. The first-order chi connectivity index (χ1) is 11.6. The molecule has 3 nitrogen and oxygen atoms in total. The Morgan fingerprint density at radius 3 is 2.92 bits per heavy atom.